The lowest BCUT2D eigenvalue weighted by atomic mass is 9.79. The molecule has 0 aliphatic rings. The Morgan fingerprint density at radius 1 is 0.261 bits per heavy atom. The number of alkyl halides is 12. The van der Waals surface area contributed by atoms with E-state index in [2.05, 4.69) is 95.2 Å². The molecule has 0 aliphatic heterocycles. The van der Waals surface area contributed by atoms with Gasteiger partial charge in [0.05, 0.1) is 55.7 Å². The predicted molar refractivity (Wildman–Crippen MR) is 325 cm³/mol. The van der Waals surface area contributed by atoms with Crippen LogP contribution in [0.4, 0.5) is 52.7 Å². The Morgan fingerprint density at radius 2 is 0.557 bits per heavy atom. The molecule has 0 spiro atoms. The fourth-order valence-corrected chi connectivity index (χ4v) is 11.3. The molecule has 11 rings (SSSR count). The van der Waals surface area contributed by atoms with Crippen molar-refractivity contribution in [1.82, 2.24) is 24.1 Å². The van der Waals surface area contributed by atoms with Gasteiger partial charge in [0.1, 0.15) is 0 Å². The van der Waals surface area contributed by atoms with Gasteiger partial charge in [0, 0.05) is 43.8 Å². The quantitative estimate of drug-likeness (QED) is 0.156. The number of hydrogen-bond acceptors (Lipinski definition) is 3. The zero-order chi connectivity index (χ0) is 64.0. The second-order valence-corrected chi connectivity index (χ2v) is 26.7. The topological polar surface area (TPSA) is 48.5 Å². The number of aromatic nitrogens is 5. The molecule has 3 aromatic heterocycles. The minimum atomic E-state index is -4.88. The van der Waals surface area contributed by atoms with Crippen molar-refractivity contribution in [2.75, 3.05) is 0 Å². The number of fused-ring (bicyclic) bond motifs is 6. The average molecular weight is 1210 g/mol. The summed E-state index contributed by atoms with van der Waals surface area (Å²) < 4.78 is 178. The van der Waals surface area contributed by atoms with Gasteiger partial charge in [0.25, 0.3) is 0 Å². The van der Waals surface area contributed by atoms with Crippen molar-refractivity contribution in [1.29, 1.82) is 0 Å². The summed E-state index contributed by atoms with van der Waals surface area (Å²) in [5, 5.41) is -0.471. The van der Waals surface area contributed by atoms with E-state index in [0.717, 1.165) is 70.8 Å². The fourth-order valence-electron chi connectivity index (χ4n) is 11.3. The third-order valence-corrected chi connectivity index (χ3v) is 16.3. The Hall–Kier alpha value is -8.47. The number of nitrogens with zero attached hydrogens (tertiary/aromatic N) is 5. The molecule has 0 saturated carbocycles. The average Bonchev–Trinajstić information content (AvgIpc) is 1.70. The Balaban J connectivity index is 1.29. The third-order valence-electron chi connectivity index (χ3n) is 16.3. The Bertz CT molecular complexity index is 4300. The molecule has 0 radical (unpaired) electrons. The van der Waals surface area contributed by atoms with Gasteiger partial charge in [-0.15, -0.1) is 0 Å². The zero-order valence-corrected chi connectivity index (χ0v) is 50.2. The lowest BCUT2D eigenvalue weighted by molar-refractivity contribution is -0.138. The van der Waals surface area contributed by atoms with E-state index >= 15 is 0 Å². The van der Waals surface area contributed by atoms with E-state index in [-0.39, 0.29) is 94.0 Å². The van der Waals surface area contributed by atoms with E-state index in [1.165, 1.54) is 24.3 Å². The fraction of sp³-hybridized carbons (Fsp3) is 0.282. The van der Waals surface area contributed by atoms with Crippen LogP contribution in [0.25, 0.3) is 100 Å². The molecule has 0 bridgehead atoms. The maximum atomic E-state index is 14.7. The summed E-state index contributed by atoms with van der Waals surface area (Å²) in [7, 11) is 0. The van der Waals surface area contributed by atoms with Crippen LogP contribution in [0.1, 0.15) is 128 Å². The molecular weight excluding hydrogens is 1150 g/mol. The first kappa shape index (κ1) is 61.2. The van der Waals surface area contributed by atoms with Crippen molar-refractivity contribution in [3.8, 4) is 56.7 Å². The van der Waals surface area contributed by atoms with Crippen molar-refractivity contribution >= 4 is 43.6 Å². The summed E-state index contributed by atoms with van der Waals surface area (Å²) in [5.41, 5.74) is 1.38. The standard InChI is InChI=1S/C71H61F12N5/c1-64(2,3)45-27-39(28-46(32-45)65(4,5)6)61-84-62(40-29-47(66(7,8)9)33-48(30-40)67(10,11)12)86-63(85-61)54-31-38(17-22-60(54)88-58-25-20-43(70(78,79)80)36-52(58)53-37-44(71(81,82)83)21-26-59(53)88)49-15-13-14-16-55(49)87-56-23-18-41(68(72,73)74)34-50(56)51-35-42(69(75,76)77)19-24-57(51)87/h13-37H,1-12H3. The Morgan fingerprint density at radius 3 is 0.864 bits per heavy atom. The van der Waals surface area contributed by atoms with Gasteiger partial charge in [-0.25, -0.2) is 15.0 Å². The van der Waals surface area contributed by atoms with Crippen LogP contribution < -0.4 is 0 Å². The van der Waals surface area contributed by atoms with E-state index in [1.807, 2.05) is 24.3 Å². The normalized spacial score (nSPS) is 13.5. The van der Waals surface area contributed by atoms with Crippen LogP contribution in [-0.4, -0.2) is 24.1 Å². The van der Waals surface area contributed by atoms with Crippen molar-refractivity contribution in [3.05, 3.63) is 196 Å². The van der Waals surface area contributed by atoms with E-state index in [9.17, 15) is 52.7 Å². The van der Waals surface area contributed by atoms with Crippen molar-refractivity contribution in [2.24, 2.45) is 0 Å². The summed E-state index contributed by atoms with van der Waals surface area (Å²) in [5.74, 6) is 0.511. The molecule has 88 heavy (non-hydrogen) atoms. The van der Waals surface area contributed by atoms with Gasteiger partial charge < -0.3 is 9.13 Å². The van der Waals surface area contributed by atoms with Gasteiger partial charge in [-0.3, -0.25) is 0 Å². The Labute approximate surface area is 500 Å². The summed E-state index contributed by atoms with van der Waals surface area (Å²) in [4.78, 5) is 16.0. The highest BCUT2D eigenvalue weighted by molar-refractivity contribution is 6.12. The van der Waals surface area contributed by atoms with Crippen LogP contribution in [0.2, 0.25) is 0 Å². The molecule has 17 heteroatoms. The van der Waals surface area contributed by atoms with Crippen LogP contribution in [0.5, 0.6) is 0 Å². The van der Waals surface area contributed by atoms with Crippen molar-refractivity contribution < 1.29 is 52.7 Å². The lowest BCUT2D eigenvalue weighted by Crippen LogP contribution is -2.17. The zero-order valence-electron chi connectivity index (χ0n) is 50.2. The van der Waals surface area contributed by atoms with Crippen LogP contribution in [0, 0.1) is 0 Å². The first-order valence-corrected chi connectivity index (χ1v) is 28.4. The number of para-hydroxylation sites is 1. The molecule has 0 atom stereocenters. The molecule has 0 unspecified atom stereocenters. The highest BCUT2D eigenvalue weighted by Crippen LogP contribution is 2.47. The molecular formula is C71H61F12N5. The molecule has 3 heterocycles. The van der Waals surface area contributed by atoms with Gasteiger partial charge in [-0.05, 0) is 165 Å². The van der Waals surface area contributed by atoms with Crippen molar-refractivity contribution in [2.45, 2.75) is 129 Å². The first-order valence-electron chi connectivity index (χ1n) is 28.4. The summed E-state index contributed by atoms with van der Waals surface area (Å²) in [6, 6.07) is 35.7. The van der Waals surface area contributed by atoms with Gasteiger partial charge in [0.2, 0.25) is 0 Å². The molecule has 8 aromatic carbocycles. The largest absolute Gasteiger partial charge is 0.416 e. The van der Waals surface area contributed by atoms with Gasteiger partial charge in [0.15, 0.2) is 17.5 Å². The number of benzene rings is 8. The van der Waals surface area contributed by atoms with Gasteiger partial charge in [-0.1, -0.05) is 119 Å². The third kappa shape index (κ3) is 11.4. The summed E-state index contributed by atoms with van der Waals surface area (Å²) >= 11 is 0. The maximum Gasteiger partial charge on any atom is 0.416 e. The monoisotopic (exact) mass is 1210 g/mol. The molecule has 0 saturated heterocycles. The molecule has 0 fully saturated rings. The van der Waals surface area contributed by atoms with Crippen LogP contribution >= 0.6 is 0 Å². The van der Waals surface area contributed by atoms with Crippen LogP contribution in [-0.2, 0) is 46.4 Å². The summed E-state index contributed by atoms with van der Waals surface area (Å²) in [6.45, 7) is 25.1. The molecule has 0 amide bonds. The van der Waals surface area contributed by atoms with E-state index in [1.54, 1.807) is 51.6 Å². The Kier molecular flexibility index (Phi) is 14.3. The smallest absolute Gasteiger partial charge is 0.309 e. The number of hydrogen-bond donors (Lipinski definition) is 0. The van der Waals surface area contributed by atoms with E-state index < -0.39 is 47.0 Å². The molecule has 454 valence electrons. The number of halogens is 12. The molecule has 5 nitrogen and oxygen atoms in total. The molecule has 0 aliphatic carbocycles. The summed E-state index contributed by atoms with van der Waals surface area (Å²) in [6.07, 6.45) is -19.5. The van der Waals surface area contributed by atoms with Gasteiger partial charge in [-0.2, -0.15) is 52.7 Å². The first-order chi connectivity index (χ1) is 40.6. The molecule has 0 N–H and O–H groups in total. The van der Waals surface area contributed by atoms with Crippen LogP contribution in [0.15, 0.2) is 152 Å². The predicted octanol–water partition coefficient (Wildman–Crippen LogP) is 22.0. The minimum Gasteiger partial charge on any atom is -0.309 e. The highest BCUT2D eigenvalue weighted by atomic mass is 19.4. The van der Waals surface area contributed by atoms with E-state index in [4.69, 9.17) is 15.0 Å². The molecule has 11 aromatic rings. The van der Waals surface area contributed by atoms with Crippen molar-refractivity contribution in [3.63, 3.8) is 0 Å². The highest BCUT2D eigenvalue weighted by Gasteiger charge is 2.37. The van der Waals surface area contributed by atoms with Gasteiger partial charge >= 0.3 is 24.7 Å². The second kappa shape index (κ2) is 20.6. The number of rotatable bonds is 6. The lowest BCUT2D eigenvalue weighted by Gasteiger charge is -2.26. The minimum absolute atomic E-state index is 0.0383. The second-order valence-electron chi connectivity index (χ2n) is 26.7. The SMILES string of the molecule is CC(C)(C)c1cc(-c2nc(-c3cc(C(C)(C)C)cc(C(C)(C)C)c3)nc(-c3cc(-c4ccccc4-n4c5ccc(C(F)(F)F)cc5c5cc(C(F)(F)F)ccc54)ccc3-n3c4ccc(C(F)(F)F)cc4c4cc(C(F)(F)F)ccc43)n2)cc(C(C)(C)C)c1. The maximum absolute atomic E-state index is 14.7. The van der Waals surface area contributed by atoms with E-state index in [0.29, 0.717) is 27.9 Å². The van der Waals surface area contributed by atoms with Crippen LogP contribution in [0.3, 0.4) is 0 Å².